The zero-order valence-corrected chi connectivity index (χ0v) is 22.6. The number of hydrogen-bond acceptors (Lipinski definition) is 6. The number of ether oxygens (including phenoxy) is 1. The van der Waals surface area contributed by atoms with Gasteiger partial charge in [-0.1, -0.05) is 18.2 Å². The lowest BCUT2D eigenvalue weighted by atomic mass is 9.97. The molecule has 0 saturated heterocycles. The Balaban J connectivity index is 0.00000462. The van der Waals surface area contributed by atoms with Gasteiger partial charge >= 0.3 is 17.9 Å². The molecule has 12 heteroatoms. The first kappa shape index (κ1) is 30.6. The molecule has 3 aromatic rings. The molecule has 0 aliphatic heterocycles. The van der Waals surface area contributed by atoms with Crippen molar-refractivity contribution in [2.45, 2.75) is 37.6 Å². The summed E-state index contributed by atoms with van der Waals surface area (Å²) in [7, 11) is 0. The maximum absolute atomic E-state index is 12.8. The number of aliphatic carboxylic acids is 1. The minimum atomic E-state index is -1.18. The van der Waals surface area contributed by atoms with Crippen molar-refractivity contribution < 1.29 is 34.1 Å². The first-order valence-corrected chi connectivity index (χ1v) is 12.5. The molecule has 1 amide bonds. The van der Waals surface area contributed by atoms with Gasteiger partial charge in [0.2, 0.25) is 5.91 Å². The highest BCUT2D eigenvalue weighted by atomic mass is 35.5. The Morgan fingerprint density at radius 2 is 1.61 bits per heavy atom. The lowest BCUT2D eigenvalue weighted by molar-refractivity contribution is -0.141. The summed E-state index contributed by atoms with van der Waals surface area (Å²) < 4.78 is 5.52. The fraction of sp³-hybridized carbons (Fsp3) is 0.207. The molecule has 0 radical (unpaired) electrons. The van der Waals surface area contributed by atoms with Gasteiger partial charge in [-0.2, -0.15) is 0 Å². The number of hydrogen-bond donors (Lipinski definition) is 5. The Labute approximate surface area is 241 Å². The minimum absolute atomic E-state index is 0. The number of aromatic carboxylic acids is 1. The van der Waals surface area contributed by atoms with Crippen LogP contribution >= 0.6 is 12.4 Å². The molecule has 11 nitrogen and oxygen atoms in total. The molecule has 7 N–H and O–H groups in total. The van der Waals surface area contributed by atoms with Gasteiger partial charge in [0.15, 0.2) is 5.96 Å². The second kappa shape index (κ2) is 13.4. The van der Waals surface area contributed by atoms with Crippen LogP contribution in [0.2, 0.25) is 0 Å². The van der Waals surface area contributed by atoms with Gasteiger partial charge < -0.3 is 31.7 Å². The fourth-order valence-electron chi connectivity index (χ4n) is 4.64. The molecule has 214 valence electrons. The summed E-state index contributed by atoms with van der Waals surface area (Å²) in [6.07, 6.45) is 1.51. The van der Waals surface area contributed by atoms with E-state index in [4.69, 9.17) is 21.3 Å². The van der Waals surface area contributed by atoms with E-state index in [0.717, 1.165) is 11.1 Å². The van der Waals surface area contributed by atoms with Gasteiger partial charge in [-0.3, -0.25) is 4.79 Å². The molecule has 0 bridgehead atoms. The summed E-state index contributed by atoms with van der Waals surface area (Å²) in [4.78, 5) is 52.0. The van der Waals surface area contributed by atoms with Crippen LogP contribution in [0.1, 0.15) is 56.2 Å². The molecule has 0 aromatic heterocycles. The Morgan fingerprint density at radius 1 is 0.951 bits per heavy atom. The first-order valence-electron chi connectivity index (χ1n) is 12.5. The van der Waals surface area contributed by atoms with Crippen LogP contribution in [0.15, 0.2) is 71.7 Å². The van der Waals surface area contributed by atoms with E-state index in [1.807, 2.05) is 6.07 Å². The van der Waals surface area contributed by atoms with Crippen molar-refractivity contribution in [2.24, 2.45) is 16.5 Å². The molecule has 4 rings (SSSR count). The lowest BCUT2D eigenvalue weighted by Crippen LogP contribution is -2.42. The predicted molar refractivity (Wildman–Crippen MR) is 153 cm³/mol. The van der Waals surface area contributed by atoms with Crippen molar-refractivity contribution in [1.29, 1.82) is 0 Å². The number of nitrogens with one attached hydrogen (secondary N) is 1. The van der Waals surface area contributed by atoms with Crippen molar-refractivity contribution >= 4 is 47.9 Å². The van der Waals surface area contributed by atoms with E-state index in [2.05, 4.69) is 10.3 Å². The van der Waals surface area contributed by atoms with Gasteiger partial charge in [-0.25, -0.2) is 19.4 Å². The molecule has 3 aromatic carbocycles. The number of aryl methyl sites for hydroxylation is 1. The van der Waals surface area contributed by atoms with Crippen LogP contribution in [0, 0.1) is 0 Å². The third kappa shape index (κ3) is 8.05. The summed E-state index contributed by atoms with van der Waals surface area (Å²) in [5.41, 5.74) is 14.1. The third-order valence-electron chi connectivity index (χ3n) is 6.59. The fourth-order valence-corrected chi connectivity index (χ4v) is 4.64. The number of aliphatic imine (C=N–C) groups is 1. The molecule has 1 aliphatic rings. The topological polar surface area (TPSA) is 194 Å². The molecular formula is C29H29ClN4O7. The second-order valence-corrected chi connectivity index (χ2v) is 9.44. The van der Waals surface area contributed by atoms with E-state index in [1.165, 1.54) is 24.3 Å². The standard InChI is InChI=1S/C29H28N4O7.ClH/c30-29(31)32-21-9-7-18(8-10-21)28(39)40-22-11-12-23-19(14-22)5-6-20(23)15-25(34)33-24(27(37)38)13-16-1-3-17(4-2-16)26(35)36;/h1-4,7-12,14,20,24H,5-6,13,15H2,(H,33,34)(H,35,36)(H,37,38)(H4,30,31,32);1H/t20?,24-;/m0./s1. The summed E-state index contributed by atoms with van der Waals surface area (Å²) >= 11 is 0. The monoisotopic (exact) mass is 580 g/mol. The van der Waals surface area contributed by atoms with Gasteiger partial charge in [-0.05, 0) is 84.0 Å². The largest absolute Gasteiger partial charge is 0.480 e. The molecule has 0 spiro atoms. The number of carbonyl (C=O) groups is 4. The summed E-state index contributed by atoms with van der Waals surface area (Å²) in [5, 5.41) is 21.2. The number of carbonyl (C=O) groups excluding carboxylic acids is 2. The van der Waals surface area contributed by atoms with Gasteiger partial charge in [0.05, 0.1) is 16.8 Å². The zero-order valence-electron chi connectivity index (χ0n) is 21.8. The molecule has 1 unspecified atom stereocenters. The van der Waals surface area contributed by atoms with Gasteiger partial charge in [0.25, 0.3) is 0 Å². The summed E-state index contributed by atoms with van der Waals surface area (Å²) in [6, 6.07) is 16.3. The van der Waals surface area contributed by atoms with Gasteiger partial charge in [0.1, 0.15) is 11.8 Å². The van der Waals surface area contributed by atoms with Crippen molar-refractivity contribution in [2.75, 3.05) is 0 Å². The highest BCUT2D eigenvalue weighted by Crippen LogP contribution is 2.37. The quantitative estimate of drug-likeness (QED) is 0.104. The highest BCUT2D eigenvalue weighted by molar-refractivity contribution is 5.91. The summed E-state index contributed by atoms with van der Waals surface area (Å²) in [5.74, 6) is -3.01. The number of guanidine groups is 1. The molecular weight excluding hydrogens is 552 g/mol. The number of nitrogens with zero attached hydrogens (tertiary/aromatic N) is 1. The van der Waals surface area contributed by atoms with Crippen LogP contribution in [-0.2, 0) is 22.4 Å². The van der Waals surface area contributed by atoms with E-state index >= 15 is 0 Å². The molecule has 2 atom stereocenters. The van der Waals surface area contributed by atoms with Crippen LogP contribution in [0.3, 0.4) is 0 Å². The molecule has 1 aliphatic carbocycles. The Kier molecular flexibility index (Phi) is 10.0. The van der Waals surface area contributed by atoms with Gasteiger partial charge in [-0.15, -0.1) is 12.4 Å². The van der Waals surface area contributed by atoms with E-state index < -0.39 is 29.9 Å². The first-order chi connectivity index (χ1) is 19.1. The number of esters is 1. The number of benzene rings is 3. The zero-order chi connectivity index (χ0) is 28.8. The predicted octanol–water partition coefficient (Wildman–Crippen LogP) is 3.16. The summed E-state index contributed by atoms with van der Waals surface area (Å²) in [6.45, 7) is 0. The maximum Gasteiger partial charge on any atom is 0.343 e. The van der Waals surface area contributed by atoms with Crippen LogP contribution in [0.4, 0.5) is 5.69 Å². The smallest absolute Gasteiger partial charge is 0.343 e. The number of nitrogens with two attached hydrogens (primary N) is 2. The van der Waals surface area contributed by atoms with Gasteiger partial charge in [0, 0.05) is 12.8 Å². The highest BCUT2D eigenvalue weighted by Gasteiger charge is 2.28. The van der Waals surface area contributed by atoms with Crippen molar-refractivity contribution in [3.05, 3.63) is 94.5 Å². The SMILES string of the molecule is Cl.NC(N)=Nc1ccc(C(=O)Oc2ccc3c(c2)CCC3CC(=O)N[C@@H](Cc2ccc(C(=O)O)cc2)C(=O)O)cc1. The van der Waals surface area contributed by atoms with E-state index in [1.54, 1.807) is 36.4 Å². The van der Waals surface area contributed by atoms with Crippen LogP contribution in [0.5, 0.6) is 5.75 Å². The van der Waals surface area contributed by atoms with E-state index in [9.17, 15) is 24.3 Å². The van der Waals surface area contributed by atoms with E-state index in [-0.39, 0.29) is 42.7 Å². The maximum atomic E-state index is 12.8. The molecule has 0 heterocycles. The average molecular weight is 581 g/mol. The Hall–Kier alpha value is -4.90. The van der Waals surface area contributed by atoms with E-state index in [0.29, 0.717) is 35.4 Å². The Morgan fingerprint density at radius 3 is 2.22 bits per heavy atom. The number of rotatable bonds is 10. The van der Waals surface area contributed by atoms with Crippen LogP contribution in [0.25, 0.3) is 0 Å². The van der Waals surface area contributed by atoms with Crippen molar-refractivity contribution in [3.63, 3.8) is 0 Å². The minimum Gasteiger partial charge on any atom is -0.480 e. The molecule has 0 fully saturated rings. The third-order valence-corrected chi connectivity index (χ3v) is 6.59. The number of fused-ring (bicyclic) bond motifs is 1. The second-order valence-electron chi connectivity index (χ2n) is 9.44. The normalized spacial score (nSPS) is 14.1. The number of carboxylic acid groups (broad SMARTS) is 2. The van der Waals surface area contributed by atoms with Crippen LogP contribution < -0.4 is 21.5 Å². The molecule has 41 heavy (non-hydrogen) atoms. The lowest BCUT2D eigenvalue weighted by Gasteiger charge is -2.17. The number of halogens is 1. The van der Waals surface area contributed by atoms with Crippen molar-refractivity contribution in [3.8, 4) is 5.75 Å². The van der Waals surface area contributed by atoms with Crippen molar-refractivity contribution in [1.82, 2.24) is 5.32 Å². The Bertz CT molecular complexity index is 1470. The number of carboxylic acids is 2. The average Bonchev–Trinajstić information content (AvgIpc) is 3.30. The van der Waals surface area contributed by atoms with Crippen LogP contribution in [-0.4, -0.2) is 46.0 Å². The molecule has 0 saturated carbocycles. The number of amides is 1.